The number of hydrogen-bond donors (Lipinski definition) is 2. The topological polar surface area (TPSA) is 157 Å². The van der Waals surface area contributed by atoms with E-state index >= 15 is 0 Å². The number of hydrogen-bond acceptors (Lipinski definition) is 9. The molecule has 1 amide bonds. The maximum atomic E-state index is 11.8. The molecule has 0 aromatic heterocycles. The van der Waals surface area contributed by atoms with Crippen LogP contribution in [0.1, 0.15) is 100 Å². The molecule has 1 atom stereocenters. The maximum absolute atomic E-state index is 11.8. The van der Waals surface area contributed by atoms with Gasteiger partial charge in [-0.25, -0.2) is 0 Å². The number of carbonyl (C=O) groups excluding carboxylic acids is 2. The van der Waals surface area contributed by atoms with Crippen molar-refractivity contribution in [2.45, 2.75) is 90.6 Å². The van der Waals surface area contributed by atoms with Gasteiger partial charge in [0.2, 0.25) is 5.91 Å². The summed E-state index contributed by atoms with van der Waals surface area (Å²) in [5.74, 6) is 23.0. The van der Waals surface area contributed by atoms with Crippen LogP contribution in [-0.4, -0.2) is 43.1 Å². The van der Waals surface area contributed by atoms with Crippen molar-refractivity contribution in [2.24, 2.45) is 0 Å². The Labute approximate surface area is 323 Å². The van der Waals surface area contributed by atoms with Gasteiger partial charge in [0.25, 0.3) is 0 Å². The zero-order valence-corrected chi connectivity index (χ0v) is 31.1. The molecule has 13 heteroatoms. The second kappa shape index (κ2) is 37.5. The Kier molecular flexibility index (Phi) is 42.0. The molecule has 0 aromatic rings. The van der Waals surface area contributed by atoms with Crippen molar-refractivity contribution in [1.82, 2.24) is 5.32 Å². The number of aliphatic hydroxyl groups is 1. The smallest absolute Gasteiger partial charge is 0.790 e. The maximum Gasteiger partial charge on any atom is 1.00 e. The van der Waals surface area contributed by atoms with Gasteiger partial charge in [-0.3, -0.25) is 14.9 Å². The Bertz CT molecular complexity index is 1230. The number of terminal acetylenes is 1. The molecule has 0 aliphatic rings. The zero-order chi connectivity index (χ0) is 31.7. The Hall–Kier alpha value is -1.67. The second-order valence-electron chi connectivity index (χ2n) is 8.36. The number of amides is 1. The van der Waals surface area contributed by atoms with E-state index in [2.05, 4.69) is 86.7 Å². The fourth-order valence-electron chi connectivity index (χ4n) is 2.88. The molecule has 0 unspecified atom stereocenters. The summed E-state index contributed by atoms with van der Waals surface area (Å²) in [5, 5.41) is 10.9. The zero-order valence-electron chi connectivity index (χ0n) is 26.2. The van der Waals surface area contributed by atoms with Crippen molar-refractivity contribution >= 4 is 19.7 Å². The van der Waals surface area contributed by atoms with Gasteiger partial charge in [0, 0.05) is 64.7 Å². The third-order valence-corrected chi connectivity index (χ3v) is 5.18. The SMILES string of the molecule is C#CC#CC#CC#CC#CC#CNC(C)=O.CCCCCCCCCCCCC(=O)O[C@@H](COCO)COP(=O)([O-])[O-].[HH].[HH].[HH].[HH].[HH].[HH].[HH].[HH].[HH].[HH].[HH].[Na+].[Na+]. The summed E-state index contributed by atoms with van der Waals surface area (Å²) < 4.78 is 24.3. The van der Waals surface area contributed by atoms with Gasteiger partial charge in [0.15, 0.2) is 0 Å². The summed E-state index contributed by atoms with van der Waals surface area (Å²) in [5.41, 5.74) is 0. The van der Waals surface area contributed by atoms with Crippen molar-refractivity contribution in [1.29, 1.82) is 0 Å². The first-order chi connectivity index (χ1) is 20.2. The van der Waals surface area contributed by atoms with Gasteiger partial charge in [-0.1, -0.05) is 64.7 Å². The molecule has 0 fully saturated rings. The first-order valence-corrected chi connectivity index (χ1v) is 14.9. The summed E-state index contributed by atoms with van der Waals surface area (Å²) in [7, 11) is -5.15. The largest absolute Gasteiger partial charge is 1.00 e. The summed E-state index contributed by atoms with van der Waals surface area (Å²) in [4.78, 5) is 43.1. The molecule has 0 radical (unpaired) electrons. The molecule has 10 nitrogen and oxygen atoms in total. The second-order valence-corrected chi connectivity index (χ2v) is 9.51. The van der Waals surface area contributed by atoms with Crippen LogP contribution in [0.4, 0.5) is 0 Å². The Morgan fingerprint density at radius 1 is 0.841 bits per heavy atom. The van der Waals surface area contributed by atoms with E-state index in [9.17, 15) is 23.9 Å². The summed E-state index contributed by atoms with van der Waals surface area (Å²) >= 11 is 0. The van der Waals surface area contributed by atoms with Crippen molar-refractivity contribution in [3.05, 3.63) is 0 Å². The van der Waals surface area contributed by atoms with Crippen LogP contribution in [-0.2, 0) is 28.2 Å². The van der Waals surface area contributed by atoms with E-state index in [1.165, 1.54) is 45.4 Å². The number of rotatable bonds is 18. The van der Waals surface area contributed by atoms with Crippen molar-refractivity contribution in [2.75, 3.05) is 20.0 Å². The number of phosphoric acid groups is 1. The number of ether oxygens (including phenoxy) is 2. The molecule has 0 rings (SSSR count). The monoisotopic (exact) mass is 667 g/mol. The van der Waals surface area contributed by atoms with E-state index < -0.39 is 33.3 Å². The minimum absolute atomic E-state index is 0. The quantitative estimate of drug-likeness (QED) is 0.0337. The summed E-state index contributed by atoms with van der Waals surface area (Å²) in [6.45, 7) is 2.08. The summed E-state index contributed by atoms with van der Waals surface area (Å²) in [6, 6.07) is 2.33. The Balaban J connectivity index is -0.0000000384. The predicted octanol–water partition coefficient (Wildman–Crippen LogP) is -1.53. The van der Waals surface area contributed by atoms with Gasteiger partial charge < -0.3 is 33.5 Å². The molecule has 0 saturated heterocycles. The van der Waals surface area contributed by atoms with E-state index in [1.807, 2.05) is 0 Å². The molecule has 0 aliphatic carbocycles. The van der Waals surface area contributed by atoms with E-state index in [0.717, 1.165) is 19.3 Å². The van der Waals surface area contributed by atoms with Crippen LogP contribution >= 0.6 is 7.82 Å². The average molecular weight is 668 g/mol. The van der Waals surface area contributed by atoms with Crippen LogP contribution in [0.25, 0.3) is 0 Å². The number of carbonyl (C=O) groups is 2. The molecule has 0 aliphatic heterocycles. The van der Waals surface area contributed by atoms with Gasteiger partial charge in [0.05, 0.1) is 21.0 Å². The molecule has 2 N–H and O–H groups in total. The molecular formula is C31H60NNa2O9P. The minimum atomic E-state index is -5.15. The van der Waals surface area contributed by atoms with Gasteiger partial charge in [0.1, 0.15) is 12.9 Å². The number of esters is 1. The third kappa shape index (κ3) is 44.8. The van der Waals surface area contributed by atoms with E-state index in [0.29, 0.717) is 6.42 Å². The van der Waals surface area contributed by atoms with E-state index in [4.69, 9.17) is 16.3 Å². The van der Waals surface area contributed by atoms with Crippen LogP contribution in [0.15, 0.2) is 0 Å². The molecular weight excluding hydrogens is 607 g/mol. The molecule has 250 valence electrons. The molecule has 0 aromatic carbocycles. The molecule has 0 spiro atoms. The third-order valence-electron chi connectivity index (χ3n) is 4.72. The summed E-state index contributed by atoms with van der Waals surface area (Å²) in [6.07, 6.45) is 15.5. The number of phosphoric ester groups is 1. The van der Waals surface area contributed by atoms with Gasteiger partial charge in [-0.05, 0) is 36.0 Å². The van der Waals surface area contributed by atoms with Crippen LogP contribution in [0.5, 0.6) is 0 Å². The van der Waals surface area contributed by atoms with Crippen LogP contribution in [0, 0.1) is 71.7 Å². The van der Waals surface area contributed by atoms with Crippen molar-refractivity contribution in [3.63, 3.8) is 0 Å². The van der Waals surface area contributed by atoms with Crippen LogP contribution in [0.2, 0.25) is 0 Å². The molecule has 44 heavy (non-hydrogen) atoms. The van der Waals surface area contributed by atoms with Crippen molar-refractivity contribution < 1.29 is 118 Å². The normalized spacial score (nSPS) is 9.36. The number of aliphatic hydroxyl groups excluding tert-OH is 1. The molecule has 0 bridgehead atoms. The Morgan fingerprint density at radius 2 is 1.32 bits per heavy atom. The van der Waals surface area contributed by atoms with Gasteiger partial charge in [-0.2, -0.15) is 0 Å². The first-order valence-electron chi connectivity index (χ1n) is 13.4. The van der Waals surface area contributed by atoms with Gasteiger partial charge in [-0.15, -0.1) is 6.42 Å². The van der Waals surface area contributed by atoms with Crippen molar-refractivity contribution in [3.8, 4) is 71.7 Å². The molecule has 0 saturated carbocycles. The fourth-order valence-corrected chi connectivity index (χ4v) is 3.23. The fraction of sp³-hybridized carbons (Fsp3) is 0.548. The molecule has 0 heterocycles. The predicted molar refractivity (Wildman–Crippen MR) is 178 cm³/mol. The standard InChI is InChI=1S/C17H35O8P.C14H5NO.2Na.11H2/c1-2-3-4-5-6-7-8-9-10-11-12-17(19)25-16(13-23-15-18)14-24-26(20,21)22;1-3-4-5-6-7-8-9-10-11-12-13-15-14(2)16;;;;;;;;;;;;;/h16,18H,2-15H2,1H3,(H2,20,21,22);1H,2H3,(H,15,16);;;11*1H/q;;2*+1;;;;;;;;;;;/p-2/t16-;;;;;;;;;;;;;;/m0............../s1. The minimum Gasteiger partial charge on any atom is -0.790 e. The number of unbranched alkanes of at least 4 members (excludes halogenated alkanes) is 9. The van der Waals surface area contributed by atoms with E-state index in [1.54, 1.807) is 0 Å². The van der Waals surface area contributed by atoms with Gasteiger partial charge >= 0.3 is 65.1 Å². The number of nitrogens with one attached hydrogen (secondary N) is 1. The van der Waals surface area contributed by atoms with E-state index in [-0.39, 0.29) is 93.7 Å². The average Bonchev–Trinajstić information content (AvgIpc) is 2.94. The van der Waals surface area contributed by atoms with Crippen LogP contribution in [0.3, 0.4) is 0 Å². The Morgan fingerprint density at radius 3 is 1.77 bits per heavy atom. The van der Waals surface area contributed by atoms with Crippen LogP contribution < -0.4 is 74.2 Å². The first kappa shape index (κ1) is 49.2.